The van der Waals surface area contributed by atoms with Gasteiger partial charge < -0.3 is 0 Å². The first kappa shape index (κ1) is 13.2. The van der Waals surface area contributed by atoms with Gasteiger partial charge >= 0.3 is 0 Å². The minimum Gasteiger partial charge on any atom is -0.274 e. The van der Waals surface area contributed by atoms with Crippen LogP contribution >= 0.6 is 0 Å². The predicted octanol–water partition coefficient (Wildman–Crippen LogP) is 2.52. The van der Waals surface area contributed by atoms with Crippen LogP contribution in [0.15, 0.2) is 42.6 Å². The molecule has 0 spiro atoms. The lowest BCUT2D eigenvalue weighted by Gasteiger charge is -2.15. The van der Waals surface area contributed by atoms with E-state index in [4.69, 9.17) is 4.84 Å². The average Bonchev–Trinajstić information content (AvgIpc) is 2.46. The van der Waals surface area contributed by atoms with Crippen molar-refractivity contribution in [2.24, 2.45) is 0 Å². The van der Waals surface area contributed by atoms with Gasteiger partial charge in [-0.2, -0.15) is 0 Å². The van der Waals surface area contributed by atoms with Gasteiger partial charge in [0, 0.05) is 18.8 Å². The van der Waals surface area contributed by atoms with Gasteiger partial charge in [-0.05, 0) is 36.4 Å². The maximum Gasteiger partial charge on any atom is 0.279 e. The minimum atomic E-state index is -0.332. The second-order valence-electron chi connectivity index (χ2n) is 3.89. The fourth-order valence-corrected chi connectivity index (χ4v) is 1.67. The van der Waals surface area contributed by atoms with Crippen LogP contribution in [-0.4, -0.2) is 30.1 Å². The molecule has 0 unspecified atom stereocenters. The number of hydrogen-bond donors (Lipinski definition) is 0. The van der Waals surface area contributed by atoms with Gasteiger partial charge in [0.25, 0.3) is 5.91 Å². The van der Waals surface area contributed by atoms with Crippen LogP contribution in [0.1, 0.15) is 10.4 Å². The van der Waals surface area contributed by atoms with Gasteiger partial charge in [-0.25, -0.2) is 9.45 Å². The summed E-state index contributed by atoms with van der Waals surface area (Å²) in [5, 5.41) is 1.12. The van der Waals surface area contributed by atoms with E-state index in [2.05, 4.69) is 4.98 Å². The third-order valence-corrected chi connectivity index (χ3v) is 2.72. The van der Waals surface area contributed by atoms with Crippen LogP contribution in [0.2, 0.25) is 0 Å². The first-order valence-electron chi connectivity index (χ1n) is 5.66. The van der Waals surface area contributed by atoms with Crippen LogP contribution in [0.5, 0.6) is 0 Å². The molecular formula is C14H13FN2O2. The molecule has 19 heavy (non-hydrogen) atoms. The van der Waals surface area contributed by atoms with E-state index in [0.717, 1.165) is 5.06 Å². The second-order valence-corrected chi connectivity index (χ2v) is 3.89. The Hall–Kier alpha value is -2.27. The van der Waals surface area contributed by atoms with Crippen LogP contribution in [0.25, 0.3) is 11.3 Å². The number of hydrogen-bond acceptors (Lipinski definition) is 3. The summed E-state index contributed by atoms with van der Waals surface area (Å²) in [6.07, 6.45) is 1.59. The molecule has 0 aliphatic carbocycles. The largest absolute Gasteiger partial charge is 0.279 e. The number of nitrogens with zero attached hydrogens (tertiary/aromatic N) is 2. The summed E-state index contributed by atoms with van der Waals surface area (Å²) >= 11 is 0. The molecule has 98 valence electrons. The molecule has 0 bridgehead atoms. The topological polar surface area (TPSA) is 42.4 Å². The van der Waals surface area contributed by atoms with Crippen molar-refractivity contribution in [2.45, 2.75) is 0 Å². The third-order valence-electron chi connectivity index (χ3n) is 2.72. The highest BCUT2D eigenvalue weighted by Gasteiger charge is 2.17. The number of rotatable bonds is 3. The number of amides is 1. The lowest BCUT2D eigenvalue weighted by Crippen LogP contribution is -2.26. The monoisotopic (exact) mass is 260 g/mol. The van der Waals surface area contributed by atoms with E-state index in [1.807, 2.05) is 0 Å². The van der Waals surface area contributed by atoms with E-state index >= 15 is 0 Å². The standard InChI is InChI=1S/C14H13FN2O2/c1-17(19-2)14(18)12-4-3-9-16-13(12)10-5-7-11(15)8-6-10/h3-9H,1-2H3. The molecule has 2 rings (SSSR count). The first-order chi connectivity index (χ1) is 9.13. The molecular weight excluding hydrogens is 247 g/mol. The van der Waals surface area contributed by atoms with Crippen molar-refractivity contribution in [3.63, 3.8) is 0 Å². The highest BCUT2D eigenvalue weighted by Crippen LogP contribution is 2.22. The zero-order valence-electron chi connectivity index (χ0n) is 10.6. The van der Waals surface area contributed by atoms with E-state index in [-0.39, 0.29) is 11.7 Å². The molecule has 1 aromatic carbocycles. The Labute approximate surface area is 110 Å². The number of halogens is 1. The van der Waals surface area contributed by atoms with Gasteiger partial charge in [-0.3, -0.25) is 14.6 Å². The summed E-state index contributed by atoms with van der Waals surface area (Å²) in [6.45, 7) is 0. The summed E-state index contributed by atoms with van der Waals surface area (Å²) in [6, 6.07) is 9.16. The van der Waals surface area contributed by atoms with Gasteiger partial charge in [0.2, 0.25) is 0 Å². The number of carbonyl (C=O) groups is 1. The van der Waals surface area contributed by atoms with Crippen molar-refractivity contribution in [1.82, 2.24) is 10.0 Å². The Bertz CT molecular complexity index is 584. The Balaban J connectivity index is 2.47. The van der Waals surface area contributed by atoms with Crippen molar-refractivity contribution >= 4 is 5.91 Å². The highest BCUT2D eigenvalue weighted by atomic mass is 19.1. The molecule has 0 fully saturated rings. The van der Waals surface area contributed by atoms with Gasteiger partial charge in [0.1, 0.15) is 5.82 Å². The first-order valence-corrected chi connectivity index (χ1v) is 5.66. The molecule has 4 nitrogen and oxygen atoms in total. The third kappa shape index (κ3) is 2.77. The SMILES string of the molecule is CON(C)C(=O)c1cccnc1-c1ccc(F)cc1. The smallest absolute Gasteiger partial charge is 0.274 e. The Morgan fingerprint density at radius 3 is 2.58 bits per heavy atom. The fourth-order valence-electron chi connectivity index (χ4n) is 1.67. The number of benzene rings is 1. The minimum absolute atomic E-state index is 0.310. The molecule has 2 aromatic rings. The Morgan fingerprint density at radius 2 is 1.95 bits per heavy atom. The summed E-state index contributed by atoms with van der Waals surface area (Å²) in [7, 11) is 2.93. The molecule has 0 saturated heterocycles. The lowest BCUT2D eigenvalue weighted by atomic mass is 10.1. The molecule has 0 atom stereocenters. The average molecular weight is 260 g/mol. The van der Waals surface area contributed by atoms with Crippen LogP contribution < -0.4 is 0 Å². The van der Waals surface area contributed by atoms with Gasteiger partial charge in [-0.1, -0.05) is 0 Å². The Kier molecular flexibility index (Phi) is 3.87. The van der Waals surface area contributed by atoms with Crippen LogP contribution in [-0.2, 0) is 4.84 Å². The van der Waals surface area contributed by atoms with Crippen molar-refractivity contribution in [1.29, 1.82) is 0 Å². The molecule has 0 aliphatic rings. The maximum atomic E-state index is 12.9. The van der Waals surface area contributed by atoms with E-state index in [1.54, 1.807) is 30.5 Å². The number of carbonyl (C=O) groups excluding carboxylic acids is 1. The van der Waals surface area contributed by atoms with Crippen molar-refractivity contribution < 1.29 is 14.0 Å². The van der Waals surface area contributed by atoms with E-state index in [1.165, 1.54) is 26.3 Å². The predicted molar refractivity (Wildman–Crippen MR) is 68.7 cm³/mol. The van der Waals surface area contributed by atoms with Crippen LogP contribution in [0.4, 0.5) is 4.39 Å². The molecule has 0 radical (unpaired) electrons. The van der Waals surface area contributed by atoms with Crippen LogP contribution in [0.3, 0.4) is 0 Å². The van der Waals surface area contributed by atoms with Crippen molar-refractivity contribution in [3.8, 4) is 11.3 Å². The number of hydroxylamine groups is 2. The molecule has 1 amide bonds. The van der Waals surface area contributed by atoms with Gasteiger partial charge in [-0.15, -0.1) is 0 Å². The van der Waals surface area contributed by atoms with Gasteiger partial charge in [0.05, 0.1) is 18.4 Å². The highest BCUT2D eigenvalue weighted by molar-refractivity contribution is 5.99. The summed E-state index contributed by atoms with van der Waals surface area (Å²) in [4.78, 5) is 21.2. The molecule has 0 saturated carbocycles. The van der Waals surface area contributed by atoms with Crippen LogP contribution in [0, 0.1) is 5.82 Å². The normalized spacial score (nSPS) is 10.3. The van der Waals surface area contributed by atoms with E-state index in [0.29, 0.717) is 16.8 Å². The van der Waals surface area contributed by atoms with Gasteiger partial charge in [0.15, 0.2) is 0 Å². The molecule has 1 aromatic heterocycles. The summed E-state index contributed by atoms with van der Waals surface area (Å²) in [5.74, 6) is -0.642. The summed E-state index contributed by atoms with van der Waals surface area (Å²) in [5.41, 5.74) is 1.57. The molecule has 1 heterocycles. The van der Waals surface area contributed by atoms with Crippen molar-refractivity contribution in [3.05, 3.63) is 54.0 Å². The van der Waals surface area contributed by atoms with Crippen molar-refractivity contribution in [2.75, 3.05) is 14.2 Å². The zero-order chi connectivity index (χ0) is 13.8. The van der Waals surface area contributed by atoms with E-state index < -0.39 is 0 Å². The molecule has 5 heteroatoms. The Morgan fingerprint density at radius 1 is 1.26 bits per heavy atom. The lowest BCUT2D eigenvalue weighted by molar-refractivity contribution is -0.0756. The number of pyridine rings is 1. The van der Waals surface area contributed by atoms with E-state index in [9.17, 15) is 9.18 Å². The fraction of sp³-hybridized carbons (Fsp3) is 0.143. The molecule has 0 aliphatic heterocycles. The quantitative estimate of drug-likeness (QED) is 0.796. The second kappa shape index (κ2) is 5.58. The zero-order valence-corrected chi connectivity index (χ0v) is 10.6. The summed E-state index contributed by atoms with van der Waals surface area (Å²) < 4.78 is 12.9. The number of aromatic nitrogens is 1. The maximum absolute atomic E-state index is 12.9. The molecule has 0 N–H and O–H groups in total.